The highest BCUT2D eigenvalue weighted by Crippen LogP contribution is 2.45. The summed E-state index contributed by atoms with van der Waals surface area (Å²) < 4.78 is 5.38. The van der Waals surface area contributed by atoms with Gasteiger partial charge in [-0.15, -0.1) is 0 Å². The molecular weight excluding hydrogens is 280 g/mol. The Morgan fingerprint density at radius 3 is 2.27 bits per heavy atom. The Morgan fingerprint density at radius 1 is 1.14 bits per heavy atom. The summed E-state index contributed by atoms with van der Waals surface area (Å²) in [6, 6.07) is 0. The number of aliphatic hydroxyl groups is 2. The Morgan fingerprint density at radius 2 is 1.82 bits per heavy atom. The fourth-order valence-corrected chi connectivity index (χ4v) is 4.37. The summed E-state index contributed by atoms with van der Waals surface area (Å²) in [6.45, 7) is 4.50. The molecule has 4 atom stereocenters. The van der Waals surface area contributed by atoms with Crippen molar-refractivity contribution in [1.82, 2.24) is 0 Å². The van der Waals surface area contributed by atoms with Crippen LogP contribution >= 0.6 is 0 Å². The van der Waals surface area contributed by atoms with E-state index >= 15 is 0 Å². The van der Waals surface area contributed by atoms with E-state index in [0.29, 0.717) is 18.3 Å². The smallest absolute Gasteiger partial charge is 0.306 e. The molecule has 2 unspecified atom stereocenters. The minimum Gasteiger partial charge on any atom is -0.459 e. The highest BCUT2D eigenvalue weighted by Gasteiger charge is 2.47. The van der Waals surface area contributed by atoms with Crippen molar-refractivity contribution in [1.29, 1.82) is 0 Å². The summed E-state index contributed by atoms with van der Waals surface area (Å²) in [5.41, 5.74) is -0.486. The first-order valence-electron chi connectivity index (χ1n) is 8.97. The molecule has 0 aromatic carbocycles. The Kier molecular flexibility index (Phi) is 5.89. The van der Waals surface area contributed by atoms with Crippen molar-refractivity contribution >= 4 is 5.97 Å². The number of rotatable bonds is 3. The molecule has 128 valence electrons. The number of esters is 1. The van der Waals surface area contributed by atoms with E-state index < -0.39 is 5.60 Å². The zero-order valence-electron chi connectivity index (χ0n) is 14.1. The average Bonchev–Trinajstić information content (AvgIpc) is 3.13. The number of hydrogen-bond acceptors (Lipinski definition) is 4. The van der Waals surface area contributed by atoms with Crippen molar-refractivity contribution in [2.75, 3.05) is 6.61 Å². The van der Waals surface area contributed by atoms with Gasteiger partial charge in [0.25, 0.3) is 0 Å². The quantitative estimate of drug-likeness (QED) is 0.785. The third-order valence-electron chi connectivity index (χ3n) is 6.14. The highest BCUT2D eigenvalue weighted by atomic mass is 16.6. The van der Waals surface area contributed by atoms with Gasteiger partial charge in [0.2, 0.25) is 0 Å². The zero-order chi connectivity index (χ0) is 16.2. The van der Waals surface area contributed by atoms with Crippen LogP contribution in [0.25, 0.3) is 0 Å². The van der Waals surface area contributed by atoms with Crippen LogP contribution in [-0.4, -0.2) is 34.0 Å². The minimum absolute atomic E-state index is 0.0127. The number of aliphatic hydroxyl groups excluding tert-OH is 1. The van der Waals surface area contributed by atoms with E-state index in [4.69, 9.17) is 9.84 Å². The summed E-state index contributed by atoms with van der Waals surface area (Å²) in [7, 11) is 0. The van der Waals surface area contributed by atoms with E-state index in [1.165, 1.54) is 12.8 Å². The molecule has 3 aliphatic rings. The van der Waals surface area contributed by atoms with Gasteiger partial charge in [-0.3, -0.25) is 4.79 Å². The van der Waals surface area contributed by atoms with Crippen LogP contribution < -0.4 is 0 Å². The molecule has 4 nitrogen and oxygen atoms in total. The first-order chi connectivity index (χ1) is 10.4. The van der Waals surface area contributed by atoms with Crippen LogP contribution in [0.15, 0.2) is 0 Å². The molecule has 4 heteroatoms. The summed E-state index contributed by atoms with van der Waals surface area (Å²) in [5, 5.41) is 18.6. The van der Waals surface area contributed by atoms with E-state index in [0.717, 1.165) is 44.9 Å². The van der Waals surface area contributed by atoms with Crippen molar-refractivity contribution in [3.8, 4) is 0 Å². The largest absolute Gasteiger partial charge is 0.459 e. The molecule has 0 radical (unpaired) electrons. The molecule has 0 amide bonds. The van der Waals surface area contributed by atoms with E-state index in [9.17, 15) is 9.90 Å². The maximum atomic E-state index is 10.9. The topological polar surface area (TPSA) is 66.8 Å². The molecule has 2 saturated carbocycles. The van der Waals surface area contributed by atoms with Crippen LogP contribution in [-0.2, 0) is 9.53 Å². The summed E-state index contributed by atoms with van der Waals surface area (Å²) >= 11 is 0. The third kappa shape index (κ3) is 3.83. The van der Waals surface area contributed by atoms with Gasteiger partial charge in [0.15, 0.2) is 0 Å². The van der Waals surface area contributed by atoms with Gasteiger partial charge in [0, 0.05) is 13.0 Å². The molecule has 0 aromatic heterocycles. The van der Waals surface area contributed by atoms with Crippen molar-refractivity contribution in [2.24, 2.45) is 11.8 Å². The van der Waals surface area contributed by atoms with Gasteiger partial charge in [0.05, 0.1) is 5.60 Å². The molecule has 2 N–H and O–H groups in total. The second-order valence-corrected chi connectivity index (χ2v) is 7.56. The van der Waals surface area contributed by atoms with Crippen molar-refractivity contribution < 1.29 is 19.7 Å². The Hall–Kier alpha value is -0.610. The van der Waals surface area contributed by atoms with Gasteiger partial charge in [-0.2, -0.15) is 0 Å². The third-order valence-corrected chi connectivity index (χ3v) is 6.14. The van der Waals surface area contributed by atoms with E-state index in [2.05, 4.69) is 13.8 Å². The van der Waals surface area contributed by atoms with Crippen LogP contribution in [0.3, 0.4) is 0 Å². The lowest BCUT2D eigenvalue weighted by Crippen LogP contribution is -2.31. The lowest BCUT2D eigenvalue weighted by atomic mass is 9.88. The molecule has 1 heterocycles. The van der Waals surface area contributed by atoms with Crippen LogP contribution in [0.2, 0.25) is 0 Å². The van der Waals surface area contributed by atoms with Crippen LogP contribution in [0.5, 0.6) is 0 Å². The van der Waals surface area contributed by atoms with Gasteiger partial charge < -0.3 is 14.9 Å². The Balaban J connectivity index is 0.000000160. The van der Waals surface area contributed by atoms with Gasteiger partial charge in [0.1, 0.15) is 5.60 Å². The maximum absolute atomic E-state index is 10.9. The molecule has 1 spiro atoms. The normalized spacial score (nSPS) is 40.6. The molecule has 2 aliphatic carbocycles. The molecular formula is C18H32O4. The first-order valence-corrected chi connectivity index (χ1v) is 8.97. The SMILES string of the molecule is C[C@@H]1CCCC1(O)CCCO.C[C@@H]1CCCC12CCC(=O)O2. The number of hydrogen-bond donors (Lipinski definition) is 2. The van der Waals surface area contributed by atoms with Crippen molar-refractivity contribution in [3.63, 3.8) is 0 Å². The van der Waals surface area contributed by atoms with E-state index in [1.807, 2.05) is 0 Å². The van der Waals surface area contributed by atoms with Crippen LogP contribution in [0, 0.1) is 11.8 Å². The summed E-state index contributed by atoms with van der Waals surface area (Å²) in [5.74, 6) is 1.03. The van der Waals surface area contributed by atoms with E-state index in [1.54, 1.807) is 0 Å². The standard InChI is InChI=1S/C9H14O2.C9H18O2/c1-7-3-2-5-9(7)6-4-8(10)11-9;1-8-4-2-5-9(8,11)6-3-7-10/h7H,2-6H2,1H3;8,10-11H,2-7H2,1H3/t7-,9?;8-,9?/m11/s1. The molecule has 22 heavy (non-hydrogen) atoms. The molecule has 0 bridgehead atoms. The molecule has 0 aromatic rings. The minimum atomic E-state index is -0.456. The van der Waals surface area contributed by atoms with E-state index in [-0.39, 0.29) is 18.2 Å². The predicted molar refractivity (Wildman–Crippen MR) is 85.4 cm³/mol. The van der Waals surface area contributed by atoms with Gasteiger partial charge >= 0.3 is 5.97 Å². The Labute approximate surface area is 134 Å². The monoisotopic (exact) mass is 312 g/mol. The zero-order valence-corrected chi connectivity index (χ0v) is 14.1. The Bertz CT molecular complexity index is 383. The lowest BCUT2D eigenvalue weighted by molar-refractivity contribution is -0.150. The number of carbonyl (C=O) groups is 1. The second kappa shape index (κ2) is 7.31. The fourth-order valence-electron chi connectivity index (χ4n) is 4.37. The molecule has 3 fully saturated rings. The maximum Gasteiger partial charge on any atom is 0.306 e. The number of ether oxygens (including phenoxy) is 1. The second-order valence-electron chi connectivity index (χ2n) is 7.56. The van der Waals surface area contributed by atoms with Crippen LogP contribution in [0.4, 0.5) is 0 Å². The molecule has 3 rings (SSSR count). The summed E-state index contributed by atoms with van der Waals surface area (Å²) in [6.07, 6.45) is 9.88. The van der Waals surface area contributed by atoms with Gasteiger partial charge in [-0.1, -0.05) is 20.3 Å². The molecule has 1 aliphatic heterocycles. The lowest BCUT2D eigenvalue weighted by Gasteiger charge is -2.27. The predicted octanol–water partition coefficient (Wildman–Crippen LogP) is 3.19. The average molecular weight is 312 g/mol. The number of carbonyl (C=O) groups excluding carboxylic acids is 1. The highest BCUT2D eigenvalue weighted by molar-refractivity contribution is 5.72. The van der Waals surface area contributed by atoms with Gasteiger partial charge in [-0.05, 0) is 63.2 Å². The molecule has 1 saturated heterocycles. The summed E-state index contributed by atoms with van der Waals surface area (Å²) in [4.78, 5) is 10.9. The van der Waals surface area contributed by atoms with Crippen molar-refractivity contribution in [2.45, 2.75) is 89.3 Å². The first kappa shape index (κ1) is 17.7. The fraction of sp³-hybridized carbons (Fsp3) is 0.944. The van der Waals surface area contributed by atoms with Gasteiger partial charge in [-0.25, -0.2) is 0 Å². The van der Waals surface area contributed by atoms with Crippen molar-refractivity contribution in [3.05, 3.63) is 0 Å². The van der Waals surface area contributed by atoms with Crippen LogP contribution in [0.1, 0.15) is 78.1 Å².